The monoisotopic (exact) mass is 345 g/mol. The van der Waals surface area contributed by atoms with Crippen molar-refractivity contribution in [2.75, 3.05) is 6.54 Å². The number of amides is 2. The zero-order valence-electron chi connectivity index (χ0n) is 14.2. The molecule has 0 radical (unpaired) electrons. The summed E-state index contributed by atoms with van der Waals surface area (Å²) in [4.78, 5) is 32.6. The van der Waals surface area contributed by atoms with Crippen molar-refractivity contribution in [1.82, 2.24) is 30.0 Å². The third kappa shape index (κ3) is 4.05. The normalized spacial score (nSPS) is 14.9. The highest BCUT2D eigenvalue weighted by Crippen LogP contribution is 2.15. The molecule has 2 aromatic heterocycles. The fourth-order valence-electron chi connectivity index (χ4n) is 2.87. The van der Waals surface area contributed by atoms with Gasteiger partial charge in [-0.3, -0.25) is 14.3 Å². The standard InChI is InChI=1S/C16H23N7O2/c1-2-15(24)19-8-12-5-13-9-22(3-4-23(13)21-12)16(25)14(17)6-11-7-18-10-20-11/h5,7,10,14H,2-4,6,8-9,17H2,1H3,(H,18,20)(H,19,24)/t14-/m0/s1. The Morgan fingerprint density at radius 1 is 1.44 bits per heavy atom. The lowest BCUT2D eigenvalue weighted by Gasteiger charge is -2.29. The number of nitrogens with zero attached hydrogens (tertiary/aromatic N) is 4. The Hall–Kier alpha value is -2.68. The van der Waals surface area contributed by atoms with E-state index in [-0.39, 0.29) is 11.8 Å². The third-order valence-electron chi connectivity index (χ3n) is 4.26. The topological polar surface area (TPSA) is 122 Å². The first-order valence-electron chi connectivity index (χ1n) is 8.40. The van der Waals surface area contributed by atoms with Crippen LogP contribution in [0, 0.1) is 0 Å². The van der Waals surface area contributed by atoms with Gasteiger partial charge in [0.25, 0.3) is 0 Å². The molecule has 0 fully saturated rings. The van der Waals surface area contributed by atoms with Gasteiger partial charge in [0.2, 0.25) is 11.8 Å². The Morgan fingerprint density at radius 3 is 3.00 bits per heavy atom. The molecule has 0 saturated carbocycles. The first kappa shape index (κ1) is 17.2. The van der Waals surface area contributed by atoms with Gasteiger partial charge in [-0.05, 0) is 6.07 Å². The minimum Gasteiger partial charge on any atom is -0.350 e. The number of carbonyl (C=O) groups is 2. The van der Waals surface area contributed by atoms with Crippen LogP contribution >= 0.6 is 0 Å². The molecule has 1 atom stereocenters. The number of nitrogens with two attached hydrogens (primary N) is 1. The molecule has 1 aliphatic heterocycles. The van der Waals surface area contributed by atoms with Crippen molar-refractivity contribution in [2.45, 2.75) is 45.4 Å². The van der Waals surface area contributed by atoms with E-state index in [1.54, 1.807) is 17.4 Å². The van der Waals surface area contributed by atoms with Crippen LogP contribution in [0.5, 0.6) is 0 Å². The van der Waals surface area contributed by atoms with Crippen LogP contribution in [0.15, 0.2) is 18.6 Å². The van der Waals surface area contributed by atoms with Crippen LogP contribution in [0.2, 0.25) is 0 Å². The fourth-order valence-corrected chi connectivity index (χ4v) is 2.87. The molecule has 1 aliphatic rings. The van der Waals surface area contributed by atoms with Gasteiger partial charge in [0.05, 0.1) is 43.4 Å². The van der Waals surface area contributed by atoms with Crippen LogP contribution in [0.1, 0.15) is 30.4 Å². The Morgan fingerprint density at radius 2 is 2.28 bits per heavy atom. The molecule has 2 aromatic rings. The van der Waals surface area contributed by atoms with E-state index in [1.807, 2.05) is 17.7 Å². The molecular weight excluding hydrogens is 322 g/mol. The summed E-state index contributed by atoms with van der Waals surface area (Å²) >= 11 is 0. The van der Waals surface area contributed by atoms with Gasteiger partial charge in [-0.1, -0.05) is 6.92 Å². The van der Waals surface area contributed by atoms with E-state index in [2.05, 4.69) is 20.4 Å². The number of fused-ring (bicyclic) bond motifs is 1. The summed E-state index contributed by atoms with van der Waals surface area (Å²) in [6, 6.07) is 1.33. The zero-order valence-corrected chi connectivity index (χ0v) is 14.2. The molecule has 0 bridgehead atoms. The van der Waals surface area contributed by atoms with Crippen LogP contribution < -0.4 is 11.1 Å². The minimum absolute atomic E-state index is 0.00689. The molecule has 4 N–H and O–H groups in total. The highest BCUT2D eigenvalue weighted by Gasteiger charge is 2.26. The Kier molecular flexibility index (Phi) is 5.13. The number of hydrogen-bond donors (Lipinski definition) is 3. The summed E-state index contributed by atoms with van der Waals surface area (Å²) in [5, 5.41) is 7.29. The summed E-state index contributed by atoms with van der Waals surface area (Å²) in [7, 11) is 0. The predicted octanol–water partition coefficient (Wildman–Crippen LogP) is -0.455. The molecule has 9 nitrogen and oxygen atoms in total. The largest absolute Gasteiger partial charge is 0.350 e. The second-order valence-electron chi connectivity index (χ2n) is 6.13. The summed E-state index contributed by atoms with van der Waals surface area (Å²) in [6.07, 6.45) is 4.13. The number of aromatic nitrogens is 4. The predicted molar refractivity (Wildman–Crippen MR) is 90.0 cm³/mol. The van der Waals surface area contributed by atoms with E-state index in [1.165, 1.54) is 0 Å². The van der Waals surface area contributed by atoms with Crippen LogP contribution in [0.4, 0.5) is 0 Å². The SMILES string of the molecule is CCC(=O)NCc1cc2n(n1)CCN(C(=O)[C@@H](N)Cc1cnc[nH]1)C2. The van der Waals surface area contributed by atoms with E-state index in [0.29, 0.717) is 39.0 Å². The summed E-state index contributed by atoms with van der Waals surface area (Å²) in [6.45, 7) is 3.89. The number of H-pyrrole nitrogens is 1. The lowest BCUT2D eigenvalue weighted by Crippen LogP contribution is -2.47. The molecule has 3 rings (SSSR count). The van der Waals surface area contributed by atoms with E-state index in [0.717, 1.165) is 17.1 Å². The third-order valence-corrected chi connectivity index (χ3v) is 4.26. The van der Waals surface area contributed by atoms with Gasteiger partial charge < -0.3 is 20.9 Å². The Bertz CT molecular complexity index is 738. The molecule has 0 aromatic carbocycles. The second kappa shape index (κ2) is 7.47. The number of rotatable bonds is 6. The summed E-state index contributed by atoms with van der Waals surface area (Å²) in [5.41, 5.74) is 8.65. The lowest BCUT2D eigenvalue weighted by molar-refractivity contribution is -0.134. The second-order valence-corrected chi connectivity index (χ2v) is 6.13. The van der Waals surface area contributed by atoms with E-state index >= 15 is 0 Å². The molecule has 9 heteroatoms. The minimum atomic E-state index is -0.599. The van der Waals surface area contributed by atoms with Gasteiger partial charge in [-0.25, -0.2) is 4.98 Å². The Labute approximate surface area is 145 Å². The van der Waals surface area contributed by atoms with Gasteiger partial charge in [-0.2, -0.15) is 5.10 Å². The van der Waals surface area contributed by atoms with E-state index < -0.39 is 6.04 Å². The van der Waals surface area contributed by atoms with Crippen LogP contribution in [0.3, 0.4) is 0 Å². The van der Waals surface area contributed by atoms with Crippen molar-refractivity contribution in [3.05, 3.63) is 35.7 Å². The van der Waals surface area contributed by atoms with Gasteiger partial charge in [0.15, 0.2) is 0 Å². The van der Waals surface area contributed by atoms with Gasteiger partial charge in [0, 0.05) is 31.3 Å². The smallest absolute Gasteiger partial charge is 0.240 e. The maximum atomic E-state index is 12.6. The number of aromatic amines is 1. The maximum absolute atomic E-state index is 12.6. The molecule has 0 spiro atoms. The fraction of sp³-hybridized carbons (Fsp3) is 0.500. The van der Waals surface area contributed by atoms with Gasteiger partial charge in [0.1, 0.15) is 0 Å². The average molecular weight is 345 g/mol. The molecule has 3 heterocycles. The summed E-state index contributed by atoms with van der Waals surface area (Å²) in [5.74, 6) is -0.0876. The first-order chi connectivity index (χ1) is 12.1. The molecule has 2 amide bonds. The van der Waals surface area contributed by atoms with Crippen molar-refractivity contribution in [3.63, 3.8) is 0 Å². The lowest BCUT2D eigenvalue weighted by atomic mass is 10.1. The number of hydrogen-bond acceptors (Lipinski definition) is 5. The number of imidazole rings is 1. The molecular formula is C16H23N7O2. The first-order valence-corrected chi connectivity index (χ1v) is 8.40. The molecule has 134 valence electrons. The molecule has 0 saturated heterocycles. The van der Waals surface area contributed by atoms with Gasteiger partial charge >= 0.3 is 0 Å². The molecule has 25 heavy (non-hydrogen) atoms. The van der Waals surface area contributed by atoms with Crippen molar-refractivity contribution >= 4 is 11.8 Å². The molecule has 0 aliphatic carbocycles. The van der Waals surface area contributed by atoms with Crippen molar-refractivity contribution < 1.29 is 9.59 Å². The van der Waals surface area contributed by atoms with Crippen LogP contribution in [-0.2, 0) is 35.6 Å². The van der Waals surface area contributed by atoms with Gasteiger partial charge in [-0.15, -0.1) is 0 Å². The van der Waals surface area contributed by atoms with Crippen molar-refractivity contribution in [2.24, 2.45) is 5.73 Å². The highest BCUT2D eigenvalue weighted by atomic mass is 16.2. The van der Waals surface area contributed by atoms with E-state index in [4.69, 9.17) is 5.73 Å². The number of nitrogens with one attached hydrogen (secondary N) is 2. The number of carbonyl (C=O) groups excluding carboxylic acids is 2. The maximum Gasteiger partial charge on any atom is 0.240 e. The molecule has 0 unspecified atom stereocenters. The zero-order chi connectivity index (χ0) is 17.8. The quantitative estimate of drug-likeness (QED) is 0.654. The van der Waals surface area contributed by atoms with E-state index in [9.17, 15) is 9.59 Å². The summed E-state index contributed by atoms with van der Waals surface area (Å²) < 4.78 is 1.89. The van der Waals surface area contributed by atoms with Crippen molar-refractivity contribution in [3.8, 4) is 0 Å². The van der Waals surface area contributed by atoms with Crippen LogP contribution in [0.25, 0.3) is 0 Å². The van der Waals surface area contributed by atoms with Crippen molar-refractivity contribution in [1.29, 1.82) is 0 Å². The van der Waals surface area contributed by atoms with Crippen LogP contribution in [-0.4, -0.2) is 49.0 Å². The highest BCUT2D eigenvalue weighted by molar-refractivity contribution is 5.82. The Balaban J connectivity index is 1.59. The average Bonchev–Trinajstić information content (AvgIpc) is 3.27.